The number of aliphatic hydroxyl groups is 8. The van der Waals surface area contributed by atoms with E-state index in [1.54, 1.807) is 6.08 Å². The molecule has 2 rings (SSSR count). The van der Waals surface area contributed by atoms with E-state index in [-0.39, 0.29) is 18.9 Å². The highest BCUT2D eigenvalue weighted by molar-refractivity contribution is 5.76. The third-order valence-electron chi connectivity index (χ3n) is 14.6. The standard InChI is InChI=1S/C64H111NO13/c1-3-5-7-9-11-13-15-16-17-18-19-20-21-22-23-24-25-26-27-28-29-30-31-32-33-34-35-36-38-40-42-44-46-48-56(69)65-52(53(68)47-45-43-41-39-37-14-12-10-8-6-4-2)51-75-63-61(74)59(72)62(55(50-67)77-63)78-64-60(73)58(71)57(70)54(49-66)76-64/h5,7,11,13,16-17,19-20,22-23,37,39,45,47,52-55,57-64,66-68,70-74H,3-4,6,8-10,12,14-15,18,21,24-36,38,40-44,46,48-51H2,1-2H3,(H,65,69)/b7-5-,13-11-,17-16-,20-19-,23-22-,39-37+,47-45+. The normalized spacial score (nSPS) is 25.2. The Morgan fingerprint density at radius 2 is 0.897 bits per heavy atom. The van der Waals surface area contributed by atoms with Gasteiger partial charge in [0.15, 0.2) is 12.6 Å². The number of nitrogens with one attached hydrogen (secondary N) is 1. The van der Waals surface area contributed by atoms with Crippen molar-refractivity contribution in [2.45, 2.75) is 293 Å². The van der Waals surface area contributed by atoms with Gasteiger partial charge in [0, 0.05) is 6.42 Å². The van der Waals surface area contributed by atoms with Gasteiger partial charge in [0.25, 0.3) is 0 Å². The average Bonchev–Trinajstić information content (AvgIpc) is 3.47. The lowest BCUT2D eigenvalue weighted by Crippen LogP contribution is -2.65. The number of amides is 1. The second-order valence-electron chi connectivity index (χ2n) is 21.4. The molecule has 0 aromatic carbocycles. The Kier molecular flexibility index (Phi) is 44.6. The van der Waals surface area contributed by atoms with Crippen molar-refractivity contribution in [2.24, 2.45) is 0 Å². The van der Waals surface area contributed by atoms with Gasteiger partial charge in [-0.15, -0.1) is 0 Å². The number of unbranched alkanes of at least 4 members (excludes halogenated alkanes) is 23. The maximum atomic E-state index is 13.2. The summed E-state index contributed by atoms with van der Waals surface area (Å²) in [6, 6.07) is -0.933. The maximum Gasteiger partial charge on any atom is 0.220 e. The second-order valence-corrected chi connectivity index (χ2v) is 21.4. The number of hydrogen-bond donors (Lipinski definition) is 9. The van der Waals surface area contributed by atoms with Gasteiger partial charge < -0.3 is 65.1 Å². The summed E-state index contributed by atoms with van der Waals surface area (Å²) in [4.78, 5) is 13.2. The Balaban J connectivity index is 1.63. The molecule has 9 N–H and O–H groups in total. The fourth-order valence-electron chi connectivity index (χ4n) is 9.63. The number of ether oxygens (including phenoxy) is 4. The lowest BCUT2D eigenvalue weighted by molar-refractivity contribution is -0.359. The topological polar surface area (TPSA) is 228 Å². The predicted octanol–water partition coefficient (Wildman–Crippen LogP) is 10.9. The molecule has 2 heterocycles. The van der Waals surface area contributed by atoms with Crippen LogP contribution in [0.2, 0.25) is 0 Å². The molecule has 14 nitrogen and oxygen atoms in total. The van der Waals surface area contributed by atoms with Crippen LogP contribution in [0.25, 0.3) is 0 Å². The molecule has 12 atom stereocenters. The molecule has 0 aromatic rings. The van der Waals surface area contributed by atoms with E-state index in [9.17, 15) is 45.6 Å². The zero-order chi connectivity index (χ0) is 56.7. The van der Waals surface area contributed by atoms with E-state index in [1.807, 2.05) is 6.08 Å². The van der Waals surface area contributed by atoms with Crippen LogP contribution in [-0.2, 0) is 23.7 Å². The molecule has 0 radical (unpaired) electrons. The lowest BCUT2D eigenvalue weighted by atomic mass is 9.97. The lowest BCUT2D eigenvalue weighted by Gasteiger charge is -2.46. The van der Waals surface area contributed by atoms with Crippen LogP contribution < -0.4 is 5.32 Å². The molecule has 2 aliphatic heterocycles. The fourth-order valence-corrected chi connectivity index (χ4v) is 9.63. The Hall–Kier alpha value is -2.83. The molecule has 2 fully saturated rings. The van der Waals surface area contributed by atoms with Gasteiger partial charge in [-0.25, -0.2) is 0 Å². The third-order valence-corrected chi connectivity index (χ3v) is 14.6. The van der Waals surface area contributed by atoms with Crippen molar-refractivity contribution in [3.8, 4) is 0 Å². The van der Waals surface area contributed by atoms with Crippen LogP contribution in [0.3, 0.4) is 0 Å². The van der Waals surface area contributed by atoms with Gasteiger partial charge in [-0.1, -0.05) is 221 Å². The molecule has 2 saturated heterocycles. The highest BCUT2D eigenvalue weighted by Gasteiger charge is 2.51. The zero-order valence-electron chi connectivity index (χ0n) is 48.4. The summed E-state index contributed by atoms with van der Waals surface area (Å²) in [5.41, 5.74) is 0. The van der Waals surface area contributed by atoms with Gasteiger partial charge in [-0.05, 0) is 77.0 Å². The van der Waals surface area contributed by atoms with E-state index in [1.165, 1.54) is 122 Å². The van der Waals surface area contributed by atoms with Crippen molar-refractivity contribution in [2.75, 3.05) is 19.8 Å². The fraction of sp³-hybridized carbons (Fsp3) is 0.766. The number of rotatable bonds is 48. The van der Waals surface area contributed by atoms with Crippen molar-refractivity contribution in [3.05, 3.63) is 85.1 Å². The monoisotopic (exact) mass is 1100 g/mol. The maximum absolute atomic E-state index is 13.2. The summed E-state index contributed by atoms with van der Waals surface area (Å²) < 4.78 is 22.7. The van der Waals surface area contributed by atoms with Crippen molar-refractivity contribution < 1.29 is 64.6 Å². The van der Waals surface area contributed by atoms with Crippen LogP contribution in [0.4, 0.5) is 0 Å². The molecular formula is C64H111NO13. The van der Waals surface area contributed by atoms with Crippen molar-refractivity contribution >= 4 is 5.91 Å². The summed E-state index contributed by atoms with van der Waals surface area (Å²) in [6.07, 6.45) is 49.4. The highest BCUT2D eigenvalue weighted by atomic mass is 16.7. The summed E-state index contributed by atoms with van der Waals surface area (Å²) in [6.45, 7) is 2.63. The molecule has 0 bridgehead atoms. The van der Waals surface area contributed by atoms with Crippen LogP contribution in [0.15, 0.2) is 85.1 Å². The summed E-state index contributed by atoms with van der Waals surface area (Å²) in [5.74, 6) is -0.252. The van der Waals surface area contributed by atoms with E-state index in [0.29, 0.717) is 12.8 Å². The van der Waals surface area contributed by atoms with Crippen molar-refractivity contribution in [1.82, 2.24) is 5.32 Å². The SMILES string of the molecule is CC/C=C\C/C=C\C/C=C\C/C=C\C/C=C\CCCCCCCCCCCCCCCCCCCC(=O)NC(COC1OC(CO)C(OC2OC(CO)C(O)C(O)C2O)C(O)C1O)C(O)/C=C/CC/C=C/CCCCCCC. The number of aliphatic hydroxyl groups excluding tert-OH is 8. The summed E-state index contributed by atoms with van der Waals surface area (Å²) >= 11 is 0. The molecule has 78 heavy (non-hydrogen) atoms. The van der Waals surface area contributed by atoms with Crippen LogP contribution in [0.5, 0.6) is 0 Å². The average molecular weight is 1100 g/mol. The third kappa shape index (κ3) is 33.8. The molecule has 1 amide bonds. The Morgan fingerprint density at radius 1 is 0.474 bits per heavy atom. The van der Waals surface area contributed by atoms with Gasteiger partial charge in [-0.2, -0.15) is 0 Å². The predicted molar refractivity (Wildman–Crippen MR) is 313 cm³/mol. The van der Waals surface area contributed by atoms with E-state index >= 15 is 0 Å². The minimum absolute atomic E-state index is 0.252. The van der Waals surface area contributed by atoms with Gasteiger partial charge >= 0.3 is 0 Å². The quantitative estimate of drug-likeness (QED) is 0.0204. The minimum atomic E-state index is -1.79. The van der Waals surface area contributed by atoms with Gasteiger partial charge in [0.1, 0.15) is 48.8 Å². The minimum Gasteiger partial charge on any atom is -0.394 e. The summed E-state index contributed by atoms with van der Waals surface area (Å²) in [7, 11) is 0. The first-order valence-corrected chi connectivity index (χ1v) is 30.8. The van der Waals surface area contributed by atoms with Crippen molar-refractivity contribution in [3.63, 3.8) is 0 Å². The van der Waals surface area contributed by atoms with Gasteiger partial charge in [0.05, 0.1) is 32.0 Å². The first kappa shape index (κ1) is 71.3. The second kappa shape index (κ2) is 48.8. The number of hydrogen-bond acceptors (Lipinski definition) is 13. The first-order valence-electron chi connectivity index (χ1n) is 30.8. The molecule has 450 valence electrons. The number of carbonyl (C=O) groups is 1. The molecule has 0 aromatic heterocycles. The van der Waals surface area contributed by atoms with E-state index in [4.69, 9.17) is 18.9 Å². The number of allylic oxidation sites excluding steroid dienone is 13. The molecule has 2 aliphatic rings. The van der Waals surface area contributed by atoms with E-state index in [2.05, 4.69) is 92.1 Å². The Bertz CT molecular complexity index is 1630. The van der Waals surface area contributed by atoms with Crippen LogP contribution >= 0.6 is 0 Å². The molecule has 0 spiro atoms. The first-order chi connectivity index (χ1) is 38.1. The molecule has 0 saturated carbocycles. The summed E-state index contributed by atoms with van der Waals surface area (Å²) in [5, 5.41) is 86.9. The van der Waals surface area contributed by atoms with E-state index < -0.39 is 86.8 Å². The zero-order valence-corrected chi connectivity index (χ0v) is 48.4. The van der Waals surface area contributed by atoms with Gasteiger partial charge in [-0.3, -0.25) is 4.79 Å². The van der Waals surface area contributed by atoms with Crippen LogP contribution in [-0.4, -0.2) is 140 Å². The Morgan fingerprint density at radius 3 is 1.41 bits per heavy atom. The molecule has 14 heteroatoms. The van der Waals surface area contributed by atoms with Gasteiger partial charge in [0.2, 0.25) is 5.91 Å². The largest absolute Gasteiger partial charge is 0.394 e. The smallest absolute Gasteiger partial charge is 0.220 e. The van der Waals surface area contributed by atoms with Crippen LogP contribution in [0.1, 0.15) is 219 Å². The van der Waals surface area contributed by atoms with Crippen LogP contribution in [0, 0.1) is 0 Å². The molecule has 0 aliphatic carbocycles. The van der Waals surface area contributed by atoms with E-state index in [0.717, 1.165) is 64.2 Å². The van der Waals surface area contributed by atoms with Crippen molar-refractivity contribution in [1.29, 1.82) is 0 Å². The molecule has 12 unspecified atom stereocenters. The Labute approximate surface area is 471 Å². The number of carbonyl (C=O) groups excluding carboxylic acids is 1. The highest BCUT2D eigenvalue weighted by Crippen LogP contribution is 2.30. The molecular weight excluding hydrogens is 991 g/mol.